The van der Waals surface area contributed by atoms with Crippen LogP contribution in [-0.2, 0) is 20.6 Å². The van der Waals surface area contributed by atoms with E-state index < -0.39 is 29.4 Å². The molecule has 15 rings (SSSR count). The van der Waals surface area contributed by atoms with E-state index in [1.165, 1.54) is 56.3 Å². The summed E-state index contributed by atoms with van der Waals surface area (Å²) in [5, 5.41) is 41.5. The molecule has 0 atom stereocenters. The van der Waals surface area contributed by atoms with E-state index in [-0.39, 0.29) is 29.0 Å². The van der Waals surface area contributed by atoms with Gasteiger partial charge in [0.05, 0.1) is 103 Å². The van der Waals surface area contributed by atoms with Gasteiger partial charge in [0.2, 0.25) is 11.8 Å². The second-order valence-corrected chi connectivity index (χ2v) is 25.8. The first-order chi connectivity index (χ1) is 56.3. The molecule has 0 N–H and O–H groups in total. The number of fused-ring (bicyclic) bond motifs is 3. The highest BCUT2D eigenvalue weighted by Gasteiger charge is 2.32. The molecule has 12 aromatic heterocycles. The monoisotopic (exact) mass is 1570 g/mol. The zero-order valence-corrected chi connectivity index (χ0v) is 62.8. The van der Waals surface area contributed by atoms with Crippen LogP contribution in [0, 0.1) is 81.3 Å². The molecular weight excluding hydrogens is 1500 g/mol. The second kappa shape index (κ2) is 35.9. The van der Waals surface area contributed by atoms with E-state index in [9.17, 15) is 52.1 Å². The molecule has 28 nitrogen and oxygen atoms in total. The molecule has 0 saturated carbocycles. The van der Waals surface area contributed by atoms with Crippen LogP contribution in [0.4, 0.5) is 39.4 Å². The van der Waals surface area contributed by atoms with E-state index in [4.69, 9.17) is 18.9 Å². The molecule has 116 heavy (non-hydrogen) atoms. The first-order valence-electron chi connectivity index (χ1n) is 36.4. The number of nitrogens with zero attached hydrogens (tertiary/aromatic N) is 21. The zero-order valence-electron chi connectivity index (χ0n) is 62.8. The lowest BCUT2D eigenvalue weighted by atomic mass is 10.1. The molecule has 0 bridgehead atoms. The van der Waals surface area contributed by atoms with Crippen molar-refractivity contribution in [2.45, 2.75) is 26.9 Å². The van der Waals surface area contributed by atoms with Gasteiger partial charge in [-0.1, -0.05) is 11.8 Å². The number of pyridine rings is 9. The Morgan fingerprint density at radius 3 is 1.21 bits per heavy atom. The Labute approximate surface area is 660 Å². The van der Waals surface area contributed by atoms with Crippen LogP contribution in [0.1, 0.15) is 59.8 Å². The minimum Gasteiger partial charge on any atom is -0.492 e. The minimum atomic E-state index is -4.53. The summed E-state index contributed by atoms with van der Waals surface area (Å²) >= 11 is 0. The SMILES string of the molecule is CCOc1cc(-c2ccc(N3CCN(C(=O)C#Cc4cc(F)ccn4)CC3)nc2)c2c(C#N)cnn2c1.CCOc1cc(-c2ccc(N3CCN(C(=O)C#Cc4cc(F)nc(OC)c4)CC3)nc2)c2c(C#N)cnn2c1.CCOc1cc(-c2ccc(N3CCN(C(=O)C#Cc4cncc(C(F)(F)F)c4)CC3)nc2)c2c(C#N)cnn2c1. The van der Waals surface area contributed by atoms with Crippen molar-refractivity contribution in [3.8, 4) is 110 Å². The first-order valence-corrected chi connectivity index (χ1v) is 36.4. The molecule has 33 heteroatoms. The number of aromatic nitrogens is 12. The Bertz CT molecular complexity index is 6000. The number of alkyl halides is 3. The fourth-order valence-corrected chi connectivity index (χ4v) is 12.9. The van der Waals surface area contributed by atoms with Crippen LogP contribution in [-0.4, -0.2) is 197 Å². The largest absolute Gasteiger partial charge is 0.492 e. The van der Waals surface area contributed by atoms with Gasteiger partial charge in [-0.15, -0.1) is 0 Å². The van der Waals surface area contributed by atoms with Crippen LogP contribution in [0.15, 0.2) is 159 Å². The summed E-state index contributed by atoms with van der Waals surface area (Å²) in [4.78, 5) is 73.7. The fraction of sp³-hybridized carbons (Fsp3) is 0.241. The number of hydrogen-bond acceptors (Lipinski definition) is 22. The van der Waals surface area contributed by atoms with Crippen LogP contribution < -0.4 is 33.6 Å². The topological polar surface area (TPSA) is 308 Å². The van der Waals surface area contributed by atoms with Crippen molar-refractivity contribution in [1.82, 2.24) is 73.4 Å². The van der Waals surface area contributed by atoms with Crippen LogP contribution in [0.2, 0.25) is 0 Å². The van der Waals surface area contributed by atoms with E-state index in [1.807, 2.05) is 80.3 Å². The number of piperazine rings is 3. The molecule has 3 amide bonds. The highest BCUT2D eigenvalue weighted by molar-refractivity contribution is 5.96. The first kappa shape index (κ1) is 78.9. The molecule has 15 heterocycles. The summed E-state index contributed by atoms with van der Waals surface area (Å²) in [6.45, 7) is 13.3. The van der Waals surface area contributed by atoms with Crippen LogP contribution in [0.3, 0.4) is 0 Å². The van der Waals surface area contributed by atoms with E-state index in [0.717, 1.165) is 63.0 Å². The van der Waals surface area contributed by atoms with E-state index in [2.05, 4.69) is 109 Å². The molecule has 0 unspecified atom stereocenters. The normalized spacial score (nSPS) is 13.2. The summed E-state index contributed by atoms with van der Waals surface area (Å²) in [5.74, 6) is 17.4. The Balaban J connectivity index is 0.000000151. The number of nitriles is 3. The van der Waals surface area contributed by atoms with Crippen molar-refractivity contribution in [3.05, 3.63) is 210 Å². The number of ether oxygens (including phenoxy) is 4. The van der Waals surface area contributed by atoms with Gasteiger partial charge in [-0.2, -0.15) is 53.6 Å². The molecule has 3 aliphatic rings. The lowest BCUT2D eigenvalue weighted by Gasteiger charge is -2.34. The highest BCUT2D eigenvalue weighted by Crippen LogP contribution is 2.36. The van der Waals surface area contributed by atoms with Gasteiger partial charge in [0.15, 0.2) is 0 Å². The van der Waals surface area contributed by atoms with Gasteiger partial charge in [-0.25, -0.2) is 37.9 Å². The molecule has 12 aromatic rings. The van der Waals surface area contributed by atoms with Crippen molar-refractivity contribution in [2.24, 2.45) is 0 Å². The smallest absolute Gasteiger partial charge is 0.417 e. The van der Waals surface area contributed by atoms with Gasteiger partial charge in [0.1, 0.15) is 64.4 Å². The predicted molar refractivity (Wildman–Crippen MR) is 414 cm³/mol. The van der Waals surface area contributed by atoms with Crippen LogP contribution in [0.25, 0.3) is 49.9 Å². The summed E-state index contributed by atoms with van der Waals surface area (Å²) in [5.41, 5.74) is 7.90. The number of anilines is 3. The molecule has 0 aliphatic carbocycles. The Morgan fingerprint density at radius 2 is 0.853 bits per heavy atom. The number of carbonyl (C=O) groups excluding carboxylic acids is 3. The minimum absolute atomic E-state index is 0.0213. The molecule has 3 aliphatic heterocycles. The van der Waals surface area contributed by atoms with Gasteiger partial charge < -0.3 is 48.3 Å². The van der Waals surface area contributed by atoms with E-state index in [0.29, 0.717) is 161 Å². The Hall–Kier alpha value is -15.2. The standard InChI is InChI=1S/C28H22F3N7O2.C28H24FN7O3.C27H22FN7O2/c1-2-40-23-12-24(27-21(13-32)16-35-38(27)18-23)20-4-5-25(34-15-20)36-7-9-37(10-8-36)26(39)6-3-19-11-22(17-33-14-19)28(29,30)31;1-3-39-22-14-23(28-21(15-30)17-32-36(28)18-22)20-5-6-25(31-16-20)34-8-10-35(11-9-34)27(37)7-4-19-12-24(29)33-26(13-19)38-2;1-2-37-23-14-24(27-20(15-29)17-32-35(27)18-23)19-3-5-25(31-16-19)33-9-11-34(12-10-33)26(36)6-4-22-13-21(28)7-8-30-22/h4-5,11-12,14-18H,2,7-10H2,1H3;5-6,12-14,16-18H,3,8-11H2,1-2H3;3,5,7-8,13-14,16-18H,2,9-12H2,1H3. The zero-order chi connectivity index (χ0) is 81.4. The molecular formula is C83H68F5N21O7. The third-order valence-electron chi connectivity index (χ3n) is 18.6. The van der Waals surface area contributed by atoms with Crippen molar-refractivity contribution in [3.63, 3.8) is 0 Å². The summed E-state index contributed by atoms with van der Waals surface area (Å²) in [6.07, 6.45) is 13.8. The third-order valence-corrected chi connectivity index (χ3v) is 18.6. The quantitative estimate of drug-likeness (QED) is 0.0589. The predicted octanol–water partition coefficient (Wildman–Crippen LogP) is 9.59. The molecule has 0 radical (unpaired) electrons. The Kier molecular flexibility index (Phi) is 24.4. The van der Waals surface area contributed by atoms with E-state index >= 15 is 0 Å². The van der Waals surface area contributed by atoms with Gasteiger partial charge in [-0.05, 0) is 93.4 Å². The summed E-state index contributed by atoms with van der Waals surface area (Å²) in [6, 6.07) is 29.7. The fourth-order valence-electron chi connectivity index (χ4n) is 12.9. The summed E-state index contributed by atoms with van der Waals surface area (Å²) in [7, 11) is 1.38. The average Bonchev–Trinajstić information content (AvgIpc) is 1.61. The van der Waals surface area contributed by atoms with Crippen LogP contribution in [0.5, 0.6) is 23.1 Å². The van der Waals surface area contributed by atoms with Gasteiger partial charge >= 0.3 is 6.18 Å². The number of methoxy groups -OCH3 is 1. The number of halogens is 5. The maximum atomic E-state index is 13.6. The highest BCUT2D eigenvalue weighted by atomic mass is 19.4. The number of rotatable bonds is 13. The molecule has 0 aromatic carbocycles. The third kappa shape index (κ3) is 18.5. The number of carbonyl (C=O) groups is 3. The second-order valence-electron chi connectivity index (χ2n) is 25.8. The van der Waals surface area contributed by atoms with Crippen molar-refractivity contribution in [1.29, 1.82) is 15.8 Å². The number of amides is 3. The average molecular weight is 1570 g/mol. The molecule has 582 valence electrons. The maximum absolute atomic E-state index is 13.6. The maximum Gasteiger partial charge on any atom is 0.417 e. The van der Waals surface area contributed by atoms with Crippen molar-refractivity contribution >= 4 is 51.7 Å². The lowest BCUT2D eigenvalue weighted by molar-refractivity contribution is -0.138. The van der Waals surface area contributed by atoms with Crippen molar-refractivity contribution in [2.75, 3.05) is 120 Å². The molecule has 3 fully saturated rings. The summed E-state index contributed by atoms with van der Waals surface area (Å²) < 4.78 is 92.3. The van der Waals surface area contributed by atoms with E-state index in [1.54, 1.807) is 65.4 Å². The molecule has 0 spiro atoms. The van der Waals surface area contributed by atoms with Gasteiger partial charge in [-0.3, -0.25) is 19.4 Å². The Morgan fingerprint density at radius 1 is 0.457 bits per heavy atom. The van der Waals surface area contributed by atoms with Gasteiger partial charge in [0, 0.05) is 196 Å². The van der Waals surface area contributed by atoms with Gasteiger partial charge in [0.25, 0.3) is 17.7 Å². The van der Waals surface area contributed by atoms with Crippen molar-refractivity contribution < 1.29 is 55.3 Å². The van der Waals surface area contributed by atoms with Crippen LogP contribution >= 0.6 is 0 Å². The lowest BCUT2D eigenvalue weighted by Crippen LogP contribution is -2.48. The molecule has 3 saturated heterocycles. The number of hydrogen-bond donors (Lipinski definition) is 0.